The first-order chi connectivity index (χ1) is 15.7. The summed E-state index contributed by atoms with van der Waals surface area (Å²) in [6, 6.07) is 15.6. The maximum absolute atomic E-state index is 12.4. The molecule has 4 rings (SSSR count). The van der Waals surface area contributed by atoms with Gasteiger partial charge in [0.25, 0.3) is 0 Å². The maximum Gasteiger partial charge on any atom is 0.358 e. The Labute approximate surface area is 193 Å². The number of methoxy groups -OCH3 is 2. The lowest BCUT2D eigenvalue weighted by atomic mass is 10.2. The van der Waals surface area contributed by atoms with Crippen molar-refractivity contribution in [1.82, 2.24) is 9.97 Å². The van der Waals surface area contributed by atoms with Crippen molar-refractivity contribution in [3.8, 4) is 22.1 Å². The fraction of sp³-hybridized carbons (Fsp3) is 0.174. The first kappa shape index (κ1) is 21.8. The molecule has 0 aliphatic rings. The van der Waals surface area contributed by atoms with E-state index in [2.05, 4.69) is 15.3 Å². The first-order valence-electron chi connectivity index (χ1n) is 9.73. The number of rotatable bonds is 9. The Morgan fingerprint density at radius 3 is 2.56 bits per heavy atom. The van der Waals surface area contributed by atoms with Crippen LogP contribution in [0.4, 0.5) is 5.13 Å². The third-order valence-corrected chi connectivity index (χ3v) is 6.27. The lowest BCUT2D eigenvalue weighted by Crippen LogP contribution is -2.06. The van der Waals surface area contributed by atoms with Crippen molar-refractivity contribution in [3.05, 3.63) is 76.2 Å². The zero-order chi connectivity index (χ0) is 22.3. The molecule has 0 spiro atoms. The minimum absolute atomic E-state index is 0.0763. The zero-order valence-electron chi connectivity index (χ0n) is 17.5. The van der Waals surface area contributed by atoms with Gasteiger partial charge in [-0.3, -0.25) is 0 Å². The van der Waals surface area contributed by atoms with E-state index in [1.165, 1.54) is 22.7 Å². The molecule has 7 nitrogen and oxygen atoms in total. The smallest absolute Gasteiger partial charge is 0.358 e. The molecule has 0 radical (unpaired) electrons. The van der Waals surface area contributed by atoms with Gasteiger partial charge in [0, 0.05) is 22.9 Å². The summed E-state index contributed by atoms with van der Waals surface area (Å²) in [7, 11) is 3.19. The molecule has 0 fully saturated rings. The van der Waals surface area contributed by atoms with Crippen LogP contribution in [0.2, 0.25) is 0 Å². The van der Waals surface area contributed by atoms with Crippen molar-refractivity contribution in [3.63, 3.8) is 0 Å². The molecule has 4 aromatic rings. The predicted molar refractivity (Wildman–Crippen MR) is 126 cm³/mol. The molecular weight excluding hydrogens is 446 g/mol. The number of carbonyl (C=O) groups excluding carboxylic acids is 1. The molecule has 32 heavy (non-hydrogen) atoms. The number of ether oxygens (including phenoxy) is 3. The Hall–Kier alpha value is -3.43. The van der Waals surface area contributed by atoms with Crippen LogP contribution < -0.4 is 14.8 Å². The van der Waals surface area contributed by atoms with Gasteiger partial charge in [0.15, 0.2) is 22.3 Å². The first-order valence-corrected chi connectivity index (χ1v) is 11.5. The van der Waals surface area contributed by atoms with E-state index in [0.717, 1.165) is 16.1 Å². The van der Waals surface area contributed by atoms with E-state index in [4.69, 9.17) is 14.2 Å². The van der Waals surface area contributed by atoms with E-state index >= 15 is 0 Å². The summed E-state index contributed by atoms with van der Waals surface area (Å²) >= 11 is 2.84. The van der Waals surface area contributed by atoms with Gasteiger partial charge < -0.3 is 19.5 Å². The Morgan fingerprint density at radius 2 is 1.78 bits per heavy atom. The van der Waals surface area contributed by atoms with E-state index < -0.39 is 5.97 Å². The summed E-state index contributed by atoms with van der Waals surface area (Å²) in [5.74, 6) is 0.811. The normalized spacial score (nSPS) is 10.6. The van der Waals surface area contributed by atoms with Gasteiger partial charge in [-0.05, 0) is 23.8 Å². The van der Waals surface area contributed by atoms with Crippen LogP contribution in [-0.2, 0) is 17.9 Å². The summed E-state index contributed by atoms with van der Waals surface area (Å²) < 4.78 is 16.0. The molecule has 2 aromatic carbocycles. The minimum atomic E-state index is -0.477. The summed E-state index contributed by atoms with van der Waals surface area (Å²) in [5.41, 5.74) is 2.99. The highest BCUT2D eigenvalue weighted by molar-refractivity contribution is 7.14. The van der Waals surface area contributed by atoms with Crippen LogP contribution in [0.25, 0.3) is 10.6 Å². The van der Waals surface area contributed by atoms with Gasteiger partial charge in [-0.2, -0.15) is 0 Å². The Morgan fingerprint density at radius 1 is 0.969 bits per heavy atom. The van der Waals surface area contributed by atoms with Gasteiger partial charge in [-0.15, -0.1) is 22.7 Å². The van der Waals surface area contributed by atoms with Crippen molar-refractivity contribution in [2.45, 2.75) is 13.2 Å². The van der Waals surface area contributed by atoms with Crippen molar-refractivity contribution in [2.24, 2.45) is 0 Å². The number of anilines is 1. The minimum Gasteiger partial charge on any atom is -0.493 e. The Balaban J connectivity index is 1.33. The molecule has 0 atom stereocenters. The molecule has 2 aromatic heterocycles. The summed E-state index contributed by atoms with van der Waals surface area (Å²) in [4.78, 5) is 21.3. The molecule has 0 unspecified atom stereocenters. The Kier molecular flexibility index (Phi) is 6.98. The van der Waals surface area contributed by atoms with E-state index in [9.17, 15) is 4.79 Å². The van der Waals surface area contributed by atoms with Crippen LogP contribution in [0.15, 0.2) is 59.3 Å². The molecule has 9 heteroatoms. The van der Waals surface area contributed by atoms with Gasteiger partial charge in [-0.1, -0.05) is 30.3 Å². The molecule has 0 saturated heterocycles. The third-order valence-electron chi connectivity index (χ3n) is 4.53. The van der Waals surface area contributed by atoms with E-state index in [1.54, 1.807) is 19.6 Å². The average Bonchev–Trinajstić information content (AvgIpc) is 3.51. The summed E-state index contributed by atoms with van der Waals surface area (Å²) in [6.07, 6.45) is 0. The van der Waals surface area contributed by atoms with Crippen molar-refractivity contribution in [2.75, 3.05) is 19.5 Å². The lowest BCUT2D eigenvalue weighted by molar-refractivity contribution is 0.0462. The van der Waals surface area contributed by atoms with Gasteiger partial charge in [0.2, 0.25) is 0 Å². The predicted octanol–water partition coefficient (Wildman–Crippen LogP) is 5.25. The number of aromatic nitrogens is 2. The Bertz CT molecular complexity index is 1190. The largest absolute Gasteiger partial charge is 0.493 e. The summed E-state index contributed by atoms with van der Waals surface area (Å²) in [5, 5.41) is 8.25. The lowest BCUT2D eigenvalue weighted by Gasteiger charge is -2.08. The van der Waals surface area contributed by atoms with Crippen LogP contribution >= 0.6 is 22.7 Å². The van der Waals surface area contributed by atoms with Gasteiger partial charge in [0.1, 0.15) is 11.6 Å². The molecule has 2 heterocycles. The second-order valence-corrected chi connectivity index (χ2v) is 8.38. The van der Waals surface area contributed by atoms with Crippen LogP contribution in [0.5, 0.6) is 11.5 Å². The third kappa shape index (κ3) is 5.24. The number of nitrogens with zero attached hydrogens (tertiary/aromatic N) is 2. The van der Waals surface area contributed by atoms with Crippen molar-refractivity contribution < 1.29 is 19.0 Å². The van der Waals surface area contributed by atoms with Crippen molar-refractivity contribution >= 4 is 33.8 Å². The average molecular weight is 468 g/mol. The summed E-state index contributed by atoms with van der Waals surface area (Å²) in [6.45, 7) is 0.716. The number of benzene rings is 2. The van der Waals surface area contributed by atoms with Gasteiger partial charge in [0.05, 0.1) is 19.9 Å². The molecule has 0 aliphatic heterocycles. The molecule has 0 bridgehead atoms. The van der Waals surface area contributed by atoms with Gasteiger partial charge in [-0.25, -0.2) is 14.8 Å². The number of nitrogens with one attached hydrogen (secondary N) is 1. The quantitative estimate of drug-likeness (QED) is 0.337. The zero-order valence-corrected chi connectivity index (χ0v) is 19.2. The van der Waals surface area contributed by atoms with Crippen LogP contribution in [-0.4, -0.2) is 30.2 Å². The number of thiazole rings is 2. The van der Waals surface area contributed by atoms with Crippen LogP contribution in [0.3, 0.4) is 0 Å². The second-order valence-electron chi connectivity index (χ2n) is 6.67. The van der Waals surface area contributed by atoms with Crippen LogP contribution in [0.1, 0.15) is 21.7 Å². The molecule has 0 aliphatic carbocycles. The van der Waals surface area contributed by atoms with E-state index in [-0.39, 0.29) is 12.3 Å². The second kappa shape index (κ2) is 10.3. The monoisotopic (exact) mass is 467 g/mol. The fourth-order valence-corrected chi connectivity index (χ4v) is 4.39. The molecule has 0 saturated carbocycles. The topological polar surface area (TPSA) is 82.6 Å². The highest BCUT2D eigenvalue weighted by atomic mass is 32.1. The number of carbonyl (C=O) groups is 1. The highest BCUT2D eigenvalue weighted by Crippen LogP contribution is 2.33. The standard InChI is InChI=1S/C23H21N3O4S2/c1-28-19-9-8-16(10-20(19)29-2)21-25-17(13-31-21)12-30-22(27)18-14-32-23(26-18)24-11-15-6-4-3-5-7-15/h3-10,13-14H,11-12H2,1-2H3,(H,24,26). The molecule has 0 amide bonds. The van der Waals surface area contributed by atoms with Crippen molar-refractivity contribution in [1.29, 1.82) is 0 Å². The molecule has 1 N–H and O–H groups in total. The maximum atomic E-state index is 12.4. The number of hydrogen-bond acceptors (Lipinski definition) is 9. The SMILES string of the molecule is COc1ccc(-c2nc(COC(=O)c3csc(NCc4ccccc4)n3)cs2)cc1OC. The fourth-order valence-electron chi connectivity index (χ4n) is 2.91. The van der Waals surface area contributed by atoms with Gasteiger partial charge >= 0.3 is 5.97 Å². The number of hydrogen-bond donors (Lipinski definition) is 1. The number of esters is 1. The molecular formula is C23H21N3O4S2. The molecule has 164 valence electrons. The van der Waals surface area contributed by atoms with Crippen LogP contribution in [0, 0.1) is 0 Å². The highest BCUT2D eigenvalue weighted by Gasteiger charge is 2.14. The van der Waals surface area contributed by atoms with E-state index in [0.29, 0.717) is 28.9 Å². The van der Waals surface area contributed by atoms with E-state index in [1.807, 2.05) is 53.9 Å².